The molecule has 2 rings (SSSR count). The minimum atomic E-state index is -4.87. The lowest BCUT2D eigenvalue weighted by Gasteiger charge is -2.19. The third-order valence-electron chi connectivity index (χ3n) is 2.71. The largest absolute Gasteiger partial charge is 0.490 e. The van der Waals surface area contributed by atoms with Crippen LogP contribution in [0.15, 0.2) is 12.2 Å². The molecule has 0 N–H and O–H groups in total. The fourth-order valence-corrected chi connectivity index (χ4v) is 2.07. The average molecular weight is 206 g/mol. The summed E-state index contributed by atoms with van der Waals surface area (Å²) in [6, 6.07) is 0. The molecule has 3 unspecified atom stereocenters. The summed E-state index contributed by atoms with van der Waals surface area (Å²) < 4.78 is 40.0. The lowest BCUT2D eigenvalue weighted by molar-refractivity contribution is -0.205. The van der Waals surface area contributed by atoms with Crippen molar-refractivity contribution < 1.29 is 22.7 Å². The molecule has 0 aromatic rings. The zero-order valence-electron chi connectivity index (χ0n) is 7.25. The molecule has 5 heteroatoms. The van der Waals surface area contributed by atoms with Gasteiger partial charge in [-0.2, -0.15) is 13.2 Å². The second kappa shape index (κ2) is 3.00. The second-order valence-electron chi connectivity index (χ2n) is 3.72. The smallest absolute Gasteiger partial charge is 0.455 e. The van der Waals surface area contributed by atoms with E-state index in [1.807, 2.05) is 12.2 Å². The summed E-state index contributed by atoms with van der Waals surface area (Å²) in [4.78, 5) is 10.5. The van der Waals surface area contributed by atoms with Gasteiger partial charge in [-0.05, 0) is 18.8 Å². The fourth-order valence-electron chi connectivity index (χ4n) is 2.07. The van der Waals surface area contributed by atoms with Crippen molar-refractivity contribution in [1.29, 1.82) is 0 Å². The van der Waals surface area contributed by atoms with E-state index < -0.39 is 18.2 Å². The summed E-state index contributed by atoms with van der Waals surface area (Å²) in [6.07, 6.45) is -0.283. The number of hydrogen-bond donors (Lipinski definition) is 0. The van der Waals surface area contributed by atoms with E-state index in [9.17, 15) is 18.0 Å². The Labute approximate surface area is 78.7 Å². The van der Waals surface area contributed by atoms with Gasteiger partial charge in [-0.15, -0.1) is 0 Å². The van der Waals surface area contributed by atoms with Gasteiger partial charge in [-0.1, -0.05) is 12.2 Å². The summed E-state index contributed by atoms with van der Waals surface area (Å²) in [6.45, 7) is 0. The van der Waals surface area contributed by atoms with Gasteiger partial charge in [0.2, 0.25) is 0 Å². The van der Waals surface area contributed by atoms with Crippen LogP contribution < -0.4 is 0 Å². The van der Waals surface area contributed by atoms with Gasteiger partial charge < -0.3 is 4.74 Å². The molecule has 0 heterocycles. The van der Waals surface area contributed by atoms with Crippen molar-refractivity contribution in [2.24, 2.45) is 11.8 Å². The van der Waals surface area contributed by atoms with E-state index in [0.29, 0.717) is 12.3 Å². The maximum atomic E-state index is 11.9. The van der Waals surface area contributed by atoms with Crippen LogP contribution in [0.3, 0.4) is 0 Å². The van der Waals surface area contributed by atoms with Gasteiger partial charge in [-0.25, -0.2) is 4.79 Å². The van der Waals surface area contributed by atoms with Crippen LogP contribution in [0.4, 0.5) is 13.2 Å². The highest BCUT2D eigenvalue weighted by Gasteiger charge is 2.46. The Morgan fingerprint density at radius 1 is 1.29 bits per heavy atom. The Morgan fingerprint density at radius 3 is 2.43 bits per heavy atom. The fraction of sp³-hybridized carbons (Fsp3) is 0.667. The zero-order valence-corrected chi connectivity index (χ0v) is 7.25. The van der Waals surface area contributed by atoms with E-state index in [4.69, 9.17) is 0 Å². The van der Waals surface area contributed by atoms with Crippen molar-refractivity contribution in [3.05, 3.63) is 12.2 Å². The minimum Gasteiger partial charge on any atom is -0.455 e. The molecule has 2 aliphatic carbocycles. The van der Waals surface area contributed by atoms with Gasteiger partial charge in [0.1, 0.15) is 6.10 Å². The number of alkyl halides is 3. The quantitative estimate of drug-likeness (QED) is 0.485. The highest BCUT2D eigenvalue weighted by atomic mass is 19.4. The molecule has 0 aliphatic heterocycles. The summed E-state index contributed by atoms with van der Waals surface area (Å²) in [5.41, 5.74) is 0. The Hall–Kier alpha value is -1.00. The number of esters is 1. The Balaban J connectivity index is 1.94. The number of hydrogen-bond acceptors (Lipinski definition) is 2. The SMILES string of the molecule is O=C(OC1CC2C=CC1C2)C(F)(F)F. The summed E-state index contributed by atoms with van der Waals surface area (Å²) in [7, 11) is 0. The van der Waals surface area contributed by atoms with Crippen LogP contribution in [0.2, 0.25) is 0 Å². The third-order valence-corrected chi connectivity index (χ3v) is 2.71. The first-order valence-electron chi connectivity index (χ1n) is 4.43. The maximum absolute atomic E-state index is 11.9. The molecule has 14 heavy (non-hydrogen) atoms. The second-order valence-corrected chi connectivity index (χ2v) is 3.72. The predicted molar refractivity (Wildman–Crippen MR) is 41.3 cm³/mol. The molecular weight excluding hydrogens is 197 g/mol. The molecule has 1 fully saturated rings. The molecule has 78 valence electrons. The van der Waals surface area contributed by atoms with Crippen LogP contribution in [0.1, 0.15) is 12.8 Å². The topological polar surface area (TPSA) is 26.3 Å². The molecule has 0 amide bonds. The first-order valence-corrected chi connectivity index (χ1v) is 4.43. The zero-order chi connectivity index (χ0) is 10.3. The summed E-state index contributed by atoms with van der Waals surface area (Å²) in [5, 5.41) is 0. The normalized spacial score (nSPS) is 34.9. The first kappa shape index (κ1) is 9.55. The van der Waals surface area contributed by atoms with Crippen LogP contribution in [0.5, 0.6) is 0 Å². The predicted octanol–water partition coefficient (Wildman–Crippen LogP) is 2.06. The van der Waals surface area contributed by atoms with Crippen molar-refractivity contribution in [2.75, 3.05) is 0 Å². The molecule has 3 atom stereocenters. The van der Waals surface area contributed by atoms with Gasteiger partial charge in [0.25, 0.3) is 0 Å². The monoisotopic (exact) mass is 206 g/mol. The Bertz CT molecular complexity index is 282. The van der Waals surface area contributed by atoms with Gasteiger partial charge >= 0.3 is 12.1 Å². The molecule has 2 nitrogen and oxygen atoms in total. The van der Waals surface area contributed by atoms with Crippen molar-refractivity contribution in [3.8, 4) is 0 Å². The molecule has 1 saturated carbocycles. The summed E-state index contributed by atoms with van der Waals surface area (Å²) >= 11 is 0. The third kappa shape index (κ3) is 1.63. The number of rotatable bonds is 1. The number of allylic oxidation sites excluding steroid dienone is 1. The molecular formula is C9H9F3O2. The molecule has 0 aromatic heterocycles. The molecule has 0 radical (unpaired) electrons. The molecule has 0 spiro atoms. The van der Waals surface area contributed by atoms with Gasteiger partial charge in [-0.3, -0.25) is 0 Å². The molecule has 0 saturated heterocycles. The molecule has 0 aromatic carbocycles. The van der Waals surface area contributed by atoms with Crippen molar-refractivity contribution >= 4 is 5.97 Å². The lowest BCUT2D eigenvalue weighted by Crippen LogP contribution is -2.31. The van der Waals surface area contributed by atoms with E-state index in [2.05, 4.69) is 4.74 Å². The van der Waals surface area contributed by atoms with E-state index in [-0.39, 0.29) is 5.92 Å². The van der Waals surface area contributed by atoms with Crippen molar-refractivity contribution in [3.63, 3.8) is 0 Å². The van der Waals surface area contributed by atoms with Gasteiger partial charge in [0.15, 0.2) is 0 Å². The summed E-state index contributed by atoms with van der Waals surface area (Å²) in [5.74, 6) is -1.78. The van der Waals surface area contributed by atoms with Crippen LogP contribution >= 0.6 is 0 Å². The highest BCUT2D eigenvalue weighted by molar-refractivity contribution is 5.75. The Morgan fingerprint density at radius 2 is 2.00 bits per heavy atom. The lowest BCUT2D eigenvalue weighted by atomic mass is 10.0. The average Bonchev–Trinajstić information content (AvgIpc) is 2.62. The first-order chi connectivity index (χ1) is 6.47. The number of carbonyl (C=O) groups is 1. The number of ether oxygens (including phenoxy) is 1. The standard InChI is InChI=1S/C9H9F3O2/c10-9(11,12)8(13)14-7-4-5-1-2-6(7)3-5/h1-2,5-7H,3-4H2. The number of carbonyl (C=O) groups excluding carboxylic acids is 1. The van der Waals surface area contributed by atoms with E-state index in [0.717, 1.165) is 6.42 Å². The molecule has 2 aliphatic rings. The van der Waals surface area contributed by atoms with Gasteiger partial charge in [0, 0.05) is 5.92 Å². The van der Waals surface area contributed by atoms with Crippen molar-refractivity contribution in [1.82, 2.24) is 0 Å². The number of halogens is 3. The van der Waals surface area contributed by atoms with Crippen LogP contribution in [0.25, 0.3) is 0 Å². The van der Waals surface area contributed by atoms with Crippen molar-refractivity contribution in [2.45, 2.75) is 25.1 Å². The maximum Gasteiger partial charge on any atom is 0.490 e. The van der Waals surface area contributed by atoms with Crippen LogP contribution in [-0.2, 0) is 9.53 Å². The van der Waals surface area contributed by atoms with E-state index in [1.165, 1.54) is 0 Å². The van der Waals surface area contributed by atoms with Gasteiger partial charge in [0.05, 0.1) is 0 Å². The minimum absolute atomic E-state index is 0.00806. The number of fused-ring (bicyclic) bond motifs is 2. The van der Waals surface area contributed by atoms with E-state index >= 15 is 0 Å². The molecule has 2 bridgehead atoms. The Kier molecular flexibility index (Phi) is 2.05. The highest BCUT2D eigenvalue weighted by Crippen LogP contribution is 2.41. The van der Waals surface area contributed by atoms with Crippen LogP contribution in [0, 0.1) is 11.8 Å². The van der Waals surface area contributed by atoms with Crippen LogP contribution in [-0.4, -0.2) is 18.2 Å². The van der Waals surface area contributed by atoms with E-state index in [1.54, 1.807) is 0 Å².